The van der Waals surface area contributed by atoms with Crippen molar-refractivity contribution in [3.05, 3.63) is 5.51 Å². The van der Waals surface area contributed by atoms with Gasteiger partial charge in [-0.1, -0.05) is 29.5 Å². The summed E-state index contributed by atoms with van der Waals surface area (Å²) in [6.45, 7) is 0. The minimum absolute atomic E-state index is 0.781. The van der Waals surface area contributed by atoms with Crippen molar-refractivity contribution in [3.8, 4) is 0 Å². The topological polar surface area (TPSA) is 25.8 Å². The summed E-state index contributed by atoms with van der Waals surface area (Å²) in [7, 11) is 0. The second-order valence-corrected chi connectivity index (χ2v) is 4.86. The van der Waals surface area contributed by atoms with Crippen LogP contribution >= 0.6 is 34.7 Å². The van der Waals surface area contributed by atoms with Crippen molar-refractivity contribution in [2.45, 2.75) is 23.6 Å². The van der Waals surface area contributed by atoms with E-state index in [1.807, 2.05) is 0 Å². The number of nitrogens with zero attached hydrogens (tertiary/aromatic N) is 2. The van der Waals surface area contributed by atoms with E-state index in [1.54, 1.807) is 28.6 Å². The predicted molar refractivity (Wildman–Crippen MR) is 55.2 cm³/mol. The largest absolute Gasteiger partial charge is 0.174 e. The van der Waals surface area contributed by atoms with Crippen LogP contribution in [0.15, 0.2) is 9.85 Å². The van der Waals surface area contributed by atoms with Gasteiger partial charge < -0.3 is 0 Å². The number of rotatable bonds is 6. The molecule has 1 heterocycles. The van der Waals surface area contributed by atoms with E-state index in [9.17, 15) is 0 Å². The number of hydrogen-bond donors (Lipinski definition) is 0. The highest BCUT2D eigenvalue weighted by Gasteiger charge is 1.96. The van der Waals surface area contributed by atoms with Crippen LogP contribution in [0.2, 0.25) is 0 Å². The van der Waals surface area contributed by atoms with E-state index in [-0.39, 0.29) is 0 Å². The molecule has 0 saturated carbocycles. The molecule has 1 aromatic rings. The van der Waals surface area contributed by atoms with Crippen LogP contribution in [0.25, 0.3) is 0 Å². The van der Waals surface area contributed by atoms with Crippen LogP contribution in [-0.4, -0.2) is 21.8 Å². The zero-order chi connectivity index (χ0) is 8.65. The van der Waals surface area contributed by atoms with E-state index in [2.05, 4.69) is 10.2 Å². The molecule has 0 atom stereocenters. The van der Waals surface area contributed by atoms with Crippen LogP contribution in [0.4, 0.5) is 0 Å². The molecule has 0 radical (unpaired) electrons. The fraction of sp³-hybridized carbons (Fsp3) is 0.714. The molecule has 0 aliphatic heterocycles. The van der Waals surface area contributed by atoms with E-state index in [0.29, 0.717) is 0 Å². The fourth-order valence-corrected chi connectivity index (χ4v) is 2.51. The van der Waals surface area contributed by atoms with Crippen LogP contribution in [0.5, 0.6) is 0 Å². The molecule has 0 amide bonds. The highest BCUT2D eigenvalue weighted by atomic mass is 35.5. The Kier molecular flexibility index (Phi) is 5.73. The van der Waals surface area contributed by atoms with Crippen molar-refractivity contribution in [1.82, 2.24) is 10.2 Å². The normalized spacial score (nSPS) is 10.4. The molecule has 0 fully saturated rings. The summed E-state index contributed by atoms with van der Waals surface area (Å²) in [5.74, 6) is 1.91. The van der Waals surface area contributed by atoms with Gasteiger partial charge in [-0.15, -0.1) is 21.8 Å². The van der Waals surface area contributed by atoms with Crippen molar-refractivity contribution in [1.29, 1.82) is 0 Å². The highest BCUT2D eigenvalue weighted by molar-refractivity contribution is 8.00. The molecule has 1 aromatic heterocycles. The molecule has 0 bridgehead atoms. The Labute approximate surface area is 85.7 Å². The van der Waals surface area contributed by atoms with E-state index in [0.717, 1.165) is 22.4 Å². The standard InChI is InChI=1S/C7H11ClN2S2/c8-4-2-1-3-5-11-7-10-9-6-12-7/h6H,1-5H2. The molecule has 0 unspecified atom stereocenters. The molecule has 0 aromatic carbocycles. The Morgan fingerprint density at radius 3 is 3.00 bits per heavy atom. The zero-order valence-corrected chi connectivity index (χ0v) is 9.09. The molecular weight excluding hydrogens is 212 g/mol. The van der Waals surface area contributed by atoms with E-state index in [4.69, 9.17) is 11.6 Å². The highest BCUT2D eigenvalue weighted by Crippen LogP contribution is 2.20. The lowest BCUT2D eigenvalue weighted by Gasteiger charge is -1.95. The lowest BCUT2D eigenvalue weighted by molar-refractivity contribution is 0.782. The third-order valence-corrected chi connectivity index (χ3v) is 3.56. The maximum Gasteiger partial charge on any atom is 0.174 e. The Bertz CT molecular complexity index is 191. The molecule has 0 aliphatic rings. The second-order valence-electron chi connectivity index (χ2n) is 2.30. The van der Waals surface area contributed by atoms with Gasteiger partial charge in [0.15, 0.2) is 4.34 Å². The average Bonchev–Trinajstić information content (AvgIpc) is 2.57. The first-order valence-electron chi connectivity index (χ1n) is 3.88. The van der Waals surface area contributed by atoms with Gasteiger partial charge in [0.25, 0.3) is 0 Å². The third kappa shape index (κ3) is 4.28. The summed E-state index contributed by atoms with van der Waals surface area (Å²) < 4.78 is 1.07. The summed E-state index contributed by atoms with van der Waals surface area (Å²) in [5, 5.41) is 7.70. The summed E-state index contributed by atoms with van der Waals surface area (Å²) in [4.78, 5) is 0. The van der Waals surface area contributed by atoms with Crippen molar-refractivity contribution in [3.63, 3.8) is 0 Å². The Balaban J connectivity index is 1.96. The van der Waals surface area contributed by atoms with Gasteiger partial charge >= 0.3 is 0 Å². The summed E-state index contributed by atoms with van der Waals surface area (Å²) in [6.07, 6.45) is 3.56. The van der Waals surface area contributed by atoms with Gasteiger partial charge in [-0.05, 0) is 12.8 Å². The molecule has 0 spiro atoms. The Hall–Kier alpha value is 0.200. The summed E-state index contributed by atoms with van der Waals surface area (Å²) in [5.41, 5.74) is 1.76. The molecule has 5 heteroatoms. The van der Waals surface area contributed by atoms with Crippen LogP contribution in [0.3, 0.4) is 0 Å². The van der Waals surface area contributed by atoms with Crippen LogP contribution in [-0.2, 0) is 0 Å². The summed E-state index contributed by atoms with van der Waals surface area (Å²) >= 11 is 8.93. The van der Waals surface area contributed by atoms with Gasteiger partial charge in [-0.3, -0.25) is 0 Å². The second kappa shape index (κ2) is 6.69. The lowest BCUT2D eigenvalue weighted by Crippen LogP contribution is -1.82. The van der Waals surface area contributed by atoms with Crippen molar-refractivity contribution >= 4 is 34.7 Å². The van der Waals surface area contributed by atoms with Crippen molar-refractivity contribution < 1.29 is 0 Å². The lowest BCUT2D eigenvalue weighted by atomic mass is 10.3. The first kappa shape index (κ1) is 10.3. The number of alkyl halides is 1. The molecule has 0 aliphatic carbocycles. The van der Waals surface area contributed by atoms with Gasteiger partial charge in [0, 0.05) is 11.6 Å². The van der Waals surface area contributed by atoms with Crippen molar-refractivity contribution in [2.75, 3.05) is 11.6 Å². The zero-order valence-electron chi connectivity index (χ0n) is 6.70. The van der Waals surface area contributed by atoms with E-state index < -0.39 is 0 Å². The van der Waals surface area contributed by atoms with Crippen molar-refractivity contribution in [2.24, 2.45) is 0 Å². The number of thioether (sulfide) groups is 1. The van der Waals surface area contributed by atoms with Crippen LogP contribution in [0.1, 0.15) is 19.3 Å². The Morgan fingerprint density at radius 1 is 1.42 bits per heavy atom. The monoisotopic (exact) mass is 222 g/mol. The van der Waals surface area contributed by atoms with Gasteiger partial charge in [0.05, 0.1) is 0 Å². The van der Waals surface area contributed by atoms with Crippen LogP contribution < -0.4 is 0 Å². The first-order valence-corrected chi connectivity index (χ1v) is 6.28. The number of halogens is 1. The maximum absolute atomic E-state index is 5.55. The van der Waals surface area contributed by atoms with Gasteiger partial charge in [-0.2, -0.15) is 0 Å². The third-order valence-electron chi connectivity index (χ3n) is 1.34. The molecule has 68 valence electrons. The average molecular weight is 223 g/mol. The van der Waals surface area contributed by atoms with Gasteiger partial charge in [0.2, 0.25) is 0 Å². The molecule has 12 heavy (non-hydrogen) atoms. The van der Waals surface area contributed by atoms with E-state index in [1.165, 1.54) is 12.8 Å². The number of aromatic nitrogens is 2. The molecule has 0 saturated heterocycles. The first-order chi connectivity index (χ1) is 5.93. The number of unbranched alkanes of at least 4 members (excludes halogenated alkanes) is 2. The molecule has 1 rings (SSSR count). The van der Waals surface area contributed by atoms with Crippen LogP contribution in [0, 0.1) is 0 Å². The molecular formula is C7H11ClN2S2. The van der Waals surface area contributed by atoms with E-state index >= 15 is 0 Å². The number of hydrogen-bond acceptors (Lipinski definition) is 4. The molecule has 0 N–H and O–H groups in total. The SMILES string of the molecule is ClCCCCCSc1nncs1. The van der Waals surface area contributed by atoms with Gasteiger partial charge in [0.1, 0.15) is 5.51 Å². The maximum atomic E-state index is 5.55. The minimum Gasteiger partial charge on any atom is -0.146 e. The van der Waals surface area contributed by atoms with Gasteiger partial charge in [-0.25, -0.2) is 0 Å². The quantitative estimate of drug-likeness (QED) is 0.420. The Morgan fingerprint density at radius 2 is 2.33 bits per heavy atom. The predicted octanol–water partition coefficient (Wildman–Crippen LogP) is 3.04. The molecule has 2 nitrogen and oxygen atoms in total. The smallest absolute Gasteiger partial charge is 0.146 e. The fourth-order valence-electron chi connectivity index (χ4n) is 0.759. The summed E-state index contributed by atoms with van der Waals surface area (Å²) in [6, 6.07) is 0. The minimum atomic E-state index is 0.781.